The fraction of sp³-hybridized carbons (Fsp3) is 0.111. The number of thiophene rings is 1. The minimum atomic E-state index is -1.06. The van der Waals surface area contributed by atoms with E-state index in [0.717, 1.165) is 11.3 Å². The molecular weight excluding hydrogens is 406 g/mol. The van der Waals surface area contributed by atoms with Crippen LogP contribution in [0.4, 0.5) is 10.7 Å². The molecule has 0 spiro atoms. The lowest BCUT2D eigenvalue weighted by atomic mass is 10.3. The first kappa shape index (κ1) is 19.6. The molecule has 3 heterocycles. The second kappa shape index (κ2) is 8.68. The SMILES string of the molecule is CC(OC(=O)c1ccc(NC(=O)c2ccco2)s1)C(=O)Nc1cccnc1Cl. The number of aromatic nitrogens is 1. The molecule has 0 aliphatic carbocycles. The highest BCUT2D eigenvalue weighted by Gasteiger charge is 2.21. The molecule has 28 heavy (non-hydrogen) atoms. The topological polar surface area (TPSA) is 111 Å². The maximum atomic E-state index is 12.2. The third kappa shape index (κ3) is 4.76. The van der Waals surface area contributed by atoms with Crippen LogP contribution < -0.4 is 10.6 Å². The molecule has 2 amide bonds. The van der Waals surface area contributed by atoms with E-state index in [9.17, 15) is 14.4 Å². The van der Waals surface area contributed by atoms with Crippen LogP contribution in [0.25, 0.3) is 0 Å². The predicted octanol–water partition coefficient (Wildman–Crippen LogP) is 3.83. The van der Waals surface area contributed by atoms with E-state index in [0.29, 0.717) is 10.7 Å². The molecule has 1 atom stereocenters. The highest BCUT2D eigenvalue weighted by Crippen LogP contribution is 2.24. The van der Waals surface area contributed by atoms with E-state index in [4.69, 9.17) is 20.8 Å². The van der Waals surface area contributed by atoms with E-state index >= 15 is 0 Å². The Kier molecular flexibility index (Phi) is 6.07. The number of hydrogen-bond donors (Lipinski definition) is 2. The largest absolute Gasteiger partial charge is 0.459 e. The number of esters is 1. The normalized spacial score (nSPS) is 11.5. The molecule has 0 radical (unpaired) electrons. The van der Waals surface area contributed by atoms with Gasteiger partial charge in [0, 0.05) is 6.20 Å². The van der Waals surface area contributed by atoms with Crippen LogP contribution in [0.3, 0.4) is 0 Å². The molecule has 0 aromatic carbocycles. The maximum Gasteiger partial charge on any atom is 0.349 e. The van der Waals surface area contributed by atoms with Crippen LogP contribution in [0.15, 0.2) is 53.3 Å². The minimum Gasteiger partial charge on any atom is -0.459 e. The monoisotopic (exact) mass is 419 g/mol. The third-order valence-corrected chi connectivity index (χ3v) is 4.74. The molecule has 0 aliphatic heterocycles. The first-order valence-electron chi connectivity index (χ1n) is 8.01. The van der Waals surface area contributed by atoms with Crippen LogP contribution in [0.2, 0.25) is 5.15 Å². The Morgan fingerprint density at radius 1 is 1.18 bits per heavy atom. The Balaban J connectivity index is 1.57. The lowest BCUT2D eigenvalue weighted by Gasteiger charge is -2.13. The standard InChI is InChI=1S/C18H14ClN3O5S/c1-10(16(23)21-11-4-2-8-20-15(11)19)27-18(25)13-6-7-14(28-13)22-17(24)12-5-3-9-26-12/h2-10H,1H3,(H,21,23)(H,22,24). The minimum absolute atomic E-state index is 0.129. The summed E-state index contributed by atoms with van der Waals surface area (Å²) in [5, 5.41) is 5.72. The summed E-state index contributed by atoms with van der Waals surface area (Å²) in [7, 11) is 0. The lowest BCUT2D eigenvalue weighted by Crippen LogP contribution is -2.29. The zero-order chi connectivity index (χ0) is 20.1. The number of halogens is 1. The number of carbonyl (C=O) groups excluding carboxylic acids is 3. The Morgan fingerprint density at radius 3 is 2.71 bits per heavy atom. The van der Waals surface area contributed by atoms with Gasteiger partial charge >= 0.3 is 5.97 Å². The Morgan fingerprint density at radius 2 is 2.00 bits per heavy atom. The van der Waals surface area contributed by atoms with Gasteiger partial charge in [-0.25, -0.2) is 9.78 Å². The Bertz CT molecular complexity index is 1000. The van der Waals surface area contributed by atoms with Gasteiger partial charge < -0.3 is 19.8 Å². The number of nitrogens with one attached hydrogen (secondary N) is 2. The van der Waals surface area contributed by atoms with Gasteiger partial charge in [0.2, 0.25) is 0 Å². The van der Waals surface area contributed by atoms with Gasteiger partial charge in [0.15, 0.2) is 17.0 Å². The number of furan rings is 1. The van der Waals surface area contributed by atoms with Crippen LogP contribution in [0, 0.1) is 0 Å². The Labute approximate surface area is 168 Å². The van der Waals surface area contributed by atoms with Crippen molar-refractivity contribution in [2.75, 3.05) is 10.6 Å². The summed E-state index contributed by atoms with van der Waals surface area (Å²) in [6.45, 7) is 1.44. The summed E-state index contributed by atoms with van der Waals surface area (Å²) in [5.74, 6) is -1.53. The highest BCUT2D eigenvalue weighted by atomic mass is 35.5. The van der Waals surface area contributed by atoms with Gasteiger partial charge in [-0.1, -0.05) is 11.6 Å². The zero-order valence-electron chi connectivity index (χ0n) is 14.5. The summed E-state index contributed by atoms with van der Waals surface area (Å²) < 4.78 is 10.2. The second-order valence-electron chi connectivity index (χ2n) is 5.47. The molecule has 0 bridgehead atoms. The summed E-state index contributed by atoms with van der Waals surface area (Å²) in [6.07, 6.45) is 1.81. The highest BCUT2D eigenvalue weighted by molar-refractivity contribution is 7.18. The van der Waals surface area contributed by atoms with Crippen molar-refractivity contribution in [2.45, 2.75) is 13.0 Å². The number of nitrogens with zero attached hydrogens (tertiary/aromatic N) is 1. The number of ether oxygens (including phenoxy) is 1. The quantitative estimate of drug-likeness (QED) is 0.464. The smallest absolute Gasteiger partial charge is 0.349 e. The molecule has 1 unspecified atom stereocenters. The van der Waals surface area contributed by atoms with Crippen molar-refractivity contribution in [3.8, 4) is 0 Å². The van der Waals surface area contributed by atoms with Gasteiger partial charge in [-0.15, -0.1) is 11.3 Å². The van der Waals surface area contributed by atoms with Crippen molar-refractivity contribution >= 4 is 51.4 Å². The van der Waals surface area contributed by atoms with Crippen LogP contribution in [-0.2, 0) is 9.53 Å². The van der Waals surface area contributed by atoms with Crippen LogP contribution in [0.1, 0.15) is 27.2 Å². The average molecular weight is 420 g/mol. The van der Waals surface area contributed by atoms with Gasteiger partial charge in [-0.05, 0) is 43.3 Å². The van der Waals surface area contributed by atoms with Gasteiger partial charge in [-0.2, -0.15) is 0 Å². The summed E-state index contributed by atoms with van der Waals surface area (Å²) >= 11 is 6.90. The van der Waals surface area contributed by atoms with Gasteiger partial charge in [0.05, 0.1) is 17.0 Å². The third-order valence-electron chi connectivity index (χ3n) is 3.46. The van der Waals surface area contributed by atoms with E-state index in [2.05, 4.69) is 15.6 Å². The fourth-order valence-electron chi connectivity index (χ4n) is 2.08. The molecule has 0 saturated carbocycles. The number of anilines is 2. The molecule has 3 rings (SSSR count). The lowest BCUT2D eigenvalue weighted by molar-refractivity contribution is -0.123. The molecule has 10 heteroatoms. The van der Waals surface area contributed by atoms with Crippen molar-refractivity contribution in [3.05, 3.63) is 64.6 Å². The maximum absolute atomic E-state index is 12.2. The van der Waals surface area contributed by atoms with E-state index in [1.54, 1.807) is 24.3 Å². The molecule has 0 saturated heterocycles. The van der Waals surface area contributed by atoms with E-state index in [1.165, 1.54) is 31.5 Å². The Hall–Kier alpha value is -3.17. The van der Waals surface area contributed by atoms with Crippen molar-refractivity contribution in [1.82, 2.24) is 4.98 Å². The molecule has 8 nitrogen and oxygen atoms in total. The average Bonchev–Trinajstić information content (AvgIpc) is 3.35. The number of hydrogen-bond acceptors (Lipinski definition) is 7. The number of pyridine rings is 1. The van der Waals surface area contributed by atoms with Crippen molar-refractivity contribution in [2.24, 2.45) is 0 Å². The molecule has 3 aromatic rings. The number of carbonyl (C=O) groups is 3. The second-order valence-corrected chi connectivity index (χ2v) is 6.92. The summed E-state index contributed by atoms with van der Waals surface area (Å²) in [4.78, 5) is 40.4. The number of rotatable bonds is 6. The first-order valence-corrected chi connectivity index (χ1v) is 9.20. The van der Waals surface area contributed by atoms with E-state index < -0.39 is 23.9 Å². The van der Waals surface area contributed by atoms with Gasteiger partial charge in [0.25, 0.3) is 11.8 Å². The van der Waals surface area contributed by atoms with Crippen molar-refractivity contribution in [3.63, 3.8) is 0 Å². The van der Waals surface area contributed by atoms with Gasteiger partial charge in [-0.3, -0.25) is 9.59 Å². The molecule has 0 aliphatic rings. The van der Waals surface area contributed by atoms with Crippen LogP contribution >= 0.6 is 22.9 Å². The molecule has 2 N–H and O–H groups in total. The van der Waals surface area contributed by atoms with Crippen molar-refractivity contribution < 1.29 is 23.5 Å². The van der Waals surface area contributed by atoms with E-state index in [-0.39, 0.29) is 15.8 Å². The summed E-state index contributed by atoms with van der Waals surface area (Å²) in [6, 6.07) is 9.36. The molecule has 144 valence electrons. The van der Waals surface area contributed by atoms with Gasteiger partial charge in [0.1, 0.15) is 4.88 Å². The molecule has 3 aromatic heterocycles. The molecular formula is C18H14ClN3O5S. The van der Waals surface area contributed by atoms with E-state index in [1.807, 2.05) is 0 Å². The predicted molar refractivity (Wildman–Crippen MR) is 104 cm³/mol. The first-order chi connectivity index (χ1) is 13.4. The van der Waals surface area contributed by atoms with Crippen LogP contribution in [0.5, 0.6) is 0 Å². The zero-order valence-corrected chi connectivity index (χ0v) is 16.0. The fourth-order valence-corrected chi connectivity index (χ4v) is 3.03. The van der Waals surface area contributed by atoms with Crippen LogP contribution in [-0.4, -0.2) is 28.9 Å². The molecule has 0 fully saturated rings. The van der Waals surface area contributed by atoms with Crippen molar-refractivity contribution in [1.29, 1.82) is 0 Å². The number of amides is 2. The summed E-state index contributed by atoms with van der Waals surface area (Å²) in [5.41, 5.74) is 0.316.